The van der Waals surface area contributed by atoms with Crippen LogP contribution in [-0.2, 0) is 0 Å². The smallest absolute Gasteiger partial charge is 0.335 e. The molecule has 8 atom stereocenters. The highest BCUT2D eigenvalue weighted by Crippen LogP contribution is 2.70. The maximum Gasteiger partial charge on any atom is 0.335 e. The quantitative estimate of drug-likeness (QED) is 0.757. The lowest BCUT2D eigenvalue weighted by Crippen LogP contribution is -2.62. The van der Waals surface area contributed by atoms with E-state index in [4.69, 9.17) is 4.42 Å². The van der Waals surface area contributed by atoms with Crippen molar-refractivity contribution in [2.24, 2.45) is 28.6 Å². The summed E-state index contributed by atoms with van der Waals surface area (Å²) in [6.07, 6.45) is 10.7. The Morgan fingerprint density at radius 2 is 1.82 bits per heavy atom. The number of hydrogen-bond acceptors (Lipinski definition) is 4. The monoisotopic (exact) mass is 386 g/mol. The fourth-order valence-electron chi connectivity index (χ4n) is 8.30. The Kier molecular flexibility index (Phi) is 4.17. The van der Waals surface area contributed by atoms with E-state index in [1.807, 2.05) is 6.07 Å². The summed E-state index contributed by atoms with van der Waals surface area (Å²) in [4.78, 5) is 11.4. The minimum atomic E-state index is -0.638. The van der Waals surface area contributed by atoms with E-state index in [9.17, 15) is 15.0 Å². The van der Waals surface area contributed by atoms with Crippen LogP contribution in [0.15, 0.2) is 27.6 Å². The van der Waals surface area contributed by atoms with Crippen LogP contribution < -0.4 is 5.63 Å². The largest absolute Gasteiger partial charge is 0.431 e. The van der Waals surface area contributed by atoms with Crippen molar-refractivity contribution in [3.05, 3.63) is 34.4 Å². The van der Waals surface area contributed by atoms with Crippen molar-refractivity contribution in [2.75, 3.05) is 0 Å². The second-order valence-electron chi connectivity index (χ2n) is 10.8. The fraction of sp³-hybridized carbons (Fsp3) is 0.792. The molecule has 0 aliphatic heterocycles. The third-order valence-electron chi connectivity index (χ3n) is 9.95. The van der Waals surface area contributed by atoms with Crippen molar-refractivity contribution >= 4 is 0 Å². The summed E-state index contributed by atoms with van der Waals surface area (Å²) in [5, 5.41) is 22.4. The van der Waals surface area contributed by atoms with Crippen molar-refractivity contribution in [1.29, 1.82) is 0 Å². The highest BCUT2D eigenvalue weighted by Gasteiger charge is 2.67. The molecule has 2 N–H and O–H groups in total. The van der Waals surface area contributed by atoms with Crippen LogP contribution in [0.5, 0.6) is 0 Å². The predicted molar refractivity (Wildman–Crippen MR) is 107 cm³/mol. The van der Waals surface area contributed by atoms with Crippen molar-refractivity contribution < 1.29 is 14.6 Å². The van der Waals surface area contributed by atoms with E-state index in [2.05, 4.69) is 13.8 Å². The highest BCUT2D eigenvalue weighted by atomic mass is 16.4. The maximum absolute atomic E-state index is 12.2. The molecule has 5 unspecified atom stereocenters. The first-order chi connectivity index (χ1) is 13.3. The molecular weight excluding hydrogens is 352 g/mol. The Morgan fingerprint density at radius 3 is 2.57 bits per heavy atom. The Hall–Kier alpha value is -1.13. The van der Waals surface area contributed by atoms with E-state index in [0.29, 0.717) is 17.8 Å². The molecule has 0 saturated heterocycles. The van der Waals surface area contributed by atoms with Gasteiger partial charge in [0.05, 0.1) is 18.0 Å². The lowest BCUT2D eigenvalue weighted by molar-refractivity contribution is -0.205. The topological polar surface area (TPSA) is 70.7 Å². The molecule has 4 saturated carbocycles. The van der Waals surface area contributed by atoms with Crippen molar-refractivity contribution in [3.8, 4) is 0 Å². The summed E-state index contributed by atoms with van der Waals surface area (Å²) in [6.45, 7) is 4.73. The van der Waals surface area contributed by atoms with E-state index in [1.54, 1.807) is 6.26 Å². The SMILES string of the molecule is C[C@]12CCC(O)CC1CCC1C2CC[C@]2(C)C(c3ccc(=O)oc3)CC[C@@]12O. The van der Waals surface area contributed by atoms with Crippen LogP contribution in [0.4, 0.5) is 0 Å². The van der Waals surface area contributed by atoms with Gasteiger partial charge in [-0.1, -0.05) is 13.8 Å². The van der Waals surface area contributed by atoms with Crippen LogP contribution >= 0.6 is 0 Å². The summed E-state index contributed by atoms with van der Waals surface area (Å²) in [5.74, 6) is 1.76. The average Bonchev–Trinajstić information content (AvgIpc) is 2.95. The van der Waals surface area contributed by atoms with Gasteiger partial charge in [-0.2, -0.15) is 0 Å². The molecule has 4 heteroatoms. The van der Waals surface area contributed by atoms with Crippen molar-refractivity contribution in [3.63, 3.8) is 0 Å². The van der Waals surface area contributed by atoms with Crippen molar-refractivity contribution in [1.82, 2.24) is 0 Å². The fourth-order valence-corrected chi connectivity index (χ4v) is 8.30. The summed E-state index contributed by atoms with van der Waals surface area (Å²) >= 11 is 0. The van der Waals surface area contributed by atoms with Crippen LogP contribution in [0.25, 0.3) is 0 Å². The van der Waals surface area contributed by atoms with E-state index < -0.39 is 5.60 Å². The van der Waals surface area contributed by atoms with Crippen LogP contribution in [0.2, 0.25) is 0 Å². The average molecular weight is 387 g/mol. The highest BCUT2D eigenvalue weighted by molar-refractivity contribution is 5.27. The standard InChI is InChI=1S/C24H34O4/c1-22-10-7-17(25)13-16(22)4-5-20-19(22)8-11-23(2)18(9-12-24(20,23)27)15-3-6-21(26)28-14-15/h3,6,14,16-20,25,27H,4-5,7-13H2,1-2H3/t16?,17?,18?,19?,20?,22-,23+,24+/m0/s1. The summed E-state index contributed by atoms with van der Waals surface area (Å²) in [6, 6.07) is 3.42. The molecular formula is C24H34O4. The second kappa shape index (κ2) is 6.18. The molecule has 0 spiro atoms. The van der Waals surface area contributed by atoms with Gasteiger partial charge >= 0.3 is 5.63 Å². The molecule has 28 heavy (non-hydrogen) atoms. The first kappa shape index (κ1) is 18.9. The summed E-state index contributed by atoms with van der Waals surface area (Å²) in [7, 11) is 0. The van der Waals surface area contributed by atoms with Crippen LogP contribution in [-0.4, -0.2) is 21.9 Å². The number of aliphatic hydroxyl groups excluding tert-OH is 1. The zero-order chi connectivity index (χ0) is 19.7. The van der Waals surface area contributed by atoms with Gasteiger partial charge in [-0.25, -0.2) is 4.79 Å². The predicted octanol–water partition coefficient (Wildman–Crippen LogP) is 4.24. The minimum absolute atomic E-state index is 0.129. The molecule has 4 aliphatic rings. The van der Waals surface area contributed by atoms with Crippen LogP contribution in [0, 0.1) is 28.6 Å². The van der Waals surface area contributed by atoms with Gasteiger partial charge in [0.2, 0.25) is 0 Å². The van der Waals surface area contributed by atoms with Crippen LogP contribution in [0.1, 0.15) is 83.1 Å². The molecule has 154 valence electrons. The number of rotatable bonds is 1. The first-order valence-corrected chi connectivity index (χ1v) is 11.3. The molecule has 5 rings (SSSR count). The molecule has 4 fully saturated rings. The third-order valence-corrected chi connectivity index (χ3v) is 9.95. The number of aliphatic hydroxyl groups is 2. The second-order valence-corrected chi connectivity index (χ2v) is 10.8. The van der Waals surface area contributed by atoms with Gasteiger partial charge in [-0.3, -0.25) is 0 Å². The van der Waals surface area contributed by atoms with Gasteiger partial charge < -0.3 is 14.6 Å². The van der Waals surface area contributed by atoms with E-state index >= 15 is 0 Å². The molecule has 0 amide bonds. The Labute approximate surface area is 167 Å². The van der Waals surface area contributed by atoms with E-state index in [0.717, 1.165) is 56.9 Å². The van der Waals surface area contributed by atoms with Gasteiger partial charge in [0.1, 0.15) is 0 Å². The molecule has 4 nitrogen and oxygen atoms in total. The molecule has 1 heterocycles. The lowest BCUT2D eigenvalue weighted by atomic mass is 9.43. The third kappa shape index (κ3) is 2.40. The number of hydrogen-bond donors (Lipinski definition) is 2. The summed E-state index contributed by atoms with van der Waals surface area (Å²) in [5.41, 5.74) is 0.219. The van der Waals surface area contributed by atoms with Gasteiger partial charge in [-0.15, -0.1) is 0 Å². The van der Waals surface area contributed by atoms with Gasteiger partial charge in [0, 0.05) is 11.5 Å². The van der Waals surface area contributed by atoms with Crippen LogP contribution in [0.3, 0.4) is 0 Å². The normalized spacial score (nSPS) is 50.5. The van der Waals surface area contributed by atoms with E-state index in [1.165, 1.54) is 12.5 Å². The van der Waals surface area contributed by atoms with Gasteiger partial charge in [0.25, 0.3) is 0 Å². The first-order valence-electron chi connectivity index (χ1n) is 11.3. The Bertz CT molecular complexity index is 797. The maximum atomic E-state index is 12.2. The molecule has 0 radical (unpaired) electrons. The molecule has 0 aromatic carbocycles. The zero-order valence-corrected chi connectivity index (χ0v) is 17.2. The molecule has 4 aliphatic carbocycles. The number of fused-ring (bicyclic) bond motifs is 5. The molecule has 1 aromatic rings. The van der Waals surface area contributed by atoms with E-state index in [-0.39, 0.29) is 28.5 Å². The lowest BCUT2D eigenvalue weighted by Gasteiger charge is -2.63. The Morgan fingerprint density at radius 1 is 1.00 bits per heavy atom. The van der Waals surface area contributed by atoms with Gasteiger partial charge in [-0.05, 0) is 98.5 Å². The summed E-state index contributed by atoms with van der Waals surface area (Å²) < 4.78 is 5.17. The Balaban J connectivity index is 1.48. The molecule has 1 aromatic heterocycles. The molecule has 0 bridgehead atoms. The zero-order valence-electron chi connectivity index (χ0n) is 17.2. The minimum Gasteiger partial charge on any atom is -0.431 e. The van der Waals surface area contributed by atoms with Gasteiger partial charge in [0.15, 0.2) is 0 Å². The van der Waals surface area contributed by atoms with Crippen molar-refractivity contribution in [2.45, 2.75) is 89.3 Å².